The third-order valence-corrected chi connectivity index (χ3v) is 4.17. The summed E-state index contributed by atoms with van der Waals surface area (Å²) in [5, 5.41) is 0. The van der Waals surface area contributed by atoms with Gasteiger partial charge in [0.2, 0.25) is 0 Å². The minimum atomic E-state index is 0.503. The van der Waals surface area contributed by atoms with E-state index < -0.39 is 0 Å². The standard InChI is InChI=1S/C14H28N2O/c1-3-11-17-14-5-4-8-16(12-14)13-6-9-15(2)10-7-13/h13-14H,3-12H2,1-2H3/t14-/m0/s1. The Balaban J connectivity index is 1.76. The molecule has 0 aromatic rings. The lowest BCUT2D eigenvalue weighted by molar-refractivity contribution is -0.0203. The van der Waals surface area contributed by atoms with Gasteiger partial charge < -0.3 is 9.64 Å². The van der Waals surface area contributed by atoms with E-state index in [2.05, 4.69) is 23.8 Å². The highest BCUT2D eigenvalue weighted by Gasteiger charge is 2.28. The molecule has 0 aromatic carbocycles. The van der Waals surface area contributed by atoms with Crippen LogP contribution in [0.1, 0.15) is 39.0 Å². The average Bonchev–Trinajstić information content (AvgIpc) is 2.37. The number of likely N-dealkylation sites (tertiary alicyclic amines) is 2. The number of hydrogen-bond acceptors (Lipinski definition) is 3. The van der Waals surface area contributed by atoms with Crippen molar-refractivity contribution in [1.29, 1.82) is 0 Å². The summed E-state index contributed by atoms with van der Waals surface area (Å²) in [6, 6.07) is 0.819. The summed E-state index contributed by atoms with van der Waals surface area (Å²) >= 11 is 0. The van der Waals surface area contributed by atoms with E-state index in [1.54, 1.807) is 0 Å². The van der Waals surface area contributed by atoms with Crippen LogP contribution in [0, 0.1) is 0 Å². The van der Waals surface area contributed by atoms with Gasteiger partial charge in [0.25, 0.3) is 0 Å². The van der Waals surface area contributed by atoms with E-state index in [9.17, 15) is 0 Å². The first-order valence-electron chi connectivity index (χ1n) is 7.33. The van der Waals surface area contributed by atoms with E-state index in [0.29, 0.717) is 6.10 Å². The van der Waals surface area contributed by atoms with Crippen LogP contribution < -0.4 is 0 Å². The lowest BCUT2D eigenvalue weighted by atomic mass is 9.99. The van der Waals surface area contributed by atoms with E-state index in [1.165, 1.54) is 51.9 Å². The van der Waals surface area contributed by atoms with E-state index in [4.69, 9.17) is 4.74 Å². The average molecular weight is 240 g/mol. The van der Waals surface area contributed by atoms with Crippen molar-refractivity contribution in [2.24, 2.45) is 0 Å². The molecule has 0 bridgehead atoms. The smallest absolute Gasteiger partial charge is 0.0702 e. The highest BCUT2D eigenvalue weighted by molar-refractivity contribution is 4.83. The van der Waals surface area contributed by atoms with Crippen molar-refractivity contribution in [2.45, 2.75) is 51.2 Å². The lowest BCUT2D eigenvalue weighted by Crippen LogP contribution is -2.49. The minimum absolute atomic E-state index is 0.503. The van der Waals surface area contributed by atoms with Gasteiger partial charge >= 0.3 is 0 Å². The van der Waals surface area contributed by atoms with Crippen molar-refractivity contribution in [3.8, 4) is 0 Å². The van der Waals surface area contributed by atoms with Crippen molar-refractivity contribution in [2.75, 3.05) is 39.8 Å². The molecule has 0 saturated carbocycles. The second-order valence-electron chi connectivity index (χ2n) is 5.66. The third kappa shape index (κ3) is 3.94. The molecule has 0 unspecified atom stereocenters. The van der Waals surface area contributed by atoms with E-state index in [1.807, 2.05) is 0 Å². The molecule has 2 fully saturated rings. The molecule has 2 aliphatic heterocycles. The first kappa shape index (κ1) is 13.3. The third-order valence-electron chi connectivity index (χ3n) is 4.17. The summed E-state index contributed by atoms with van der Waals surface area (Å²) in [4.78, 5) is 5.14. The Hall–Kier alpha value is -0.120. The van der Waals surface area contributed by atoms with Crippen molar-refractivity contribution < 1.29 is 4.74 Å². The van der Waals surface area contributed by atoms with Gasteiger partial charge in [-0.15, -0.1) is 0 Å². The summed E-state index contributed by atoms with van der Waals surface area (Å²) in [7, 11) is 2.24. The van der Waals surface area contributed by atoms with Gasteiger partial charge in [-0.3, -0.25) is 4.90 Å². The fraction of sp³-hybridized carbons (Fsp3) is 1.00. The molecular weight excluding hydrogens is 212 g/mol. The number of ether oxygens (including phenoxy) is 1. The Labute approximate surface area is 106 Å². The number of hydrogen-bond donors (Lipinski definition) is 0. The van der Waals surface area contributed by atoms with Gasteiger partial charge in [-0.2, -0.15) is 0 Å². The second kappa shape index (κ2) is 6.72. The Kier molecular flexibility index (Phi) is 5.26. The zero-order valence-corrected chi connectivity index (χ0v) is 11.5. The molecule has 0 spiro atoms. The van der Waals surface area contributed by atoms with Crippen LogP contribution in [0.2, 0.25) is 0 Å². The molecule has 0 aromatic heterocycles. The van der Waals surface area contributed by atoms with Crippen LogP contribution in [-0.2, 0) is 4.74 Å². The van der Waals surface area contributed by atoms with Crippen LogP contribution in [-0.4, -0.2) is 61.8 Å². The number of piperidine rings is 2. The summed E-state index contributed by atoms with van der Waals surface area (Å²) in [5.41, 5.74) is 0. The molecular formula is C14H28N2O. The fourth-order valence-corrected chi connectivity index (χ4v) is 3.08. The minimum Gasteiger partial charge on any atom is -0.377 e. The molecule has 1 atom stereocenters. The first-order valence-corrected chi connectivity index (χ1v) is 7.33. The van der Waals surface area contributed by atoms with Crippen LogP contribution in [0.4, 0.5) is 0 Å². The van der Waals surface area contributed by atoms with Crippen LogP contribution >= 0.6 is 0 Å². The molecule has 0 aliphatic carbocycles. The zero-order valence-electron chi connectivity index (χ0n) is 11.5. The van der Waals surface area contributed by atoms with Crippen LogP contribution in [0.3, 0.4) is 0 Å². The molecule has 100 valence electrons. The molecule has 0 N–H and O–H groups in total. The normalized spacial score (nSPS) is 29.6. The molecule has 2 heterocycles. The predicted molar refractivity (Wildman–Crippen MR) is 71.4 cm³/mol. The zero-order chi connectivity index (χ0) is 12.1. The molecule has 2 saturated heterocycles. The van der Waals surface area contributed by atoms with Crippen molar-refractivity contribution >= 4 is 0 Å². The maximum absolute atomic E-state index is 5.92. The highest BCUT2D eigenvalue weighted by atomic mass is 16.5. The van der Waals surface area contributed by atoms with Gasteiger partial charge in [-0.1, -0.05) is 6.92 Å². The maximum Gasteiger partial charge on any atom is 0.0702 e. The van der Waals surface area contributed by atoms with Gasteiger partial charge in [-0.05, 0) is 58.8 Å². The summed E-state index contributed by atoms with van der Waals surface area (Å²) in [6.07, 6.45) is 6.92. The number of rotatable bonds is 4. The molecule has 0 radical (unpaired) electrons. The quantitative estimate of drug-likeness (QED) is 0.747. The molecule has 3 nitrogen and oxygen atoms in total. The Morgan fingerprint density at radius 2 is 1.88 bits per heavy atom. The molecule has 0 amide bonds. The summed E-state index contributed by atoms with van der Waals surface area (Å²) < 4.78 is 5.92. The van der Waals surface area contributed by atoms with Crippen LogP contribution in [0.5, 0.6) is 0 Å². The molecule has 17 heavy (non-hydrogen) atoms. The lowest BCUT2D eigenvalue weighted by Gasteiger charge is -2.41. The molecule has 2 rings (SSSR count). The van der Waals surface area contributed by atoms with Crippen molar-refractivity contribution in [3.63, 3.8) is 0 Å². The second-order valence-corrected chi connectivity index (χ2v) is 5.66. The Bertz CT molecular complexity index is 214. The summed E-state index contributed by atoms with van der Waals surface area (Å²) in [6.45, 7) is 8.13. The number of nitrogens with zero attached hydrogens (tertiary/aromatic N) is 2. The predicted octanol–water partition coefficient (Wildman–Crippen LogP) is 1.97. The Morgan fingerprint density at radius 1 is 1.12 bits per heavy atom. The first-order chi connectivity index (χ1) is 8.29. The van der Waals surface area contributed by atoms with Crippen LogP contribution in [0.25, 0.3) is 0 Å². The van der Waals surface area contributed by atoms with Crippen molar-refractivity contribution in [1.82, 2.24) is 9.80 Å². The van der Waals surface area contributed by atoms with Gasteiger partial charge in [0.15, 0.2) is 0 Å². The van der Waals surface area contributed by atoms with E-state index in [-0.39, 0.29) is 0 Å². The largest absolute Gasteiger partial charge is 0.377 e. The van der Waals surface area contributed by atoms with Crippen molar-refractivity contribution in [3.05, 3.63) is 0 Å². The molecule has 2 aliphatic rings. The SMILES string of the molecule is CCCO[C@H]1CCCN(C2CCN(C)CC2)C1. The fourth-order valence-electron chi connectivity index (χ4n) is 3.08. The van der Waals surface area contributed by atoms with Gasteiger partial charge in [-0.25, -0.2) is 0 Å². The highest BCUT2D eigenvalue weighted by Crippen LogP contribution is 2.21. The van der Waals surface area contributed by atoms with Crippen LogP contribution in [0.15, 0.2) is 0 Å². The summed E-state index contributed by atoms with van der Waals surface area (Å²) in [5.74, 6) is 0. The monoisotopic (exact) mass is 240 g/mol. The maximum atomic E-state index is 5.92. The van der Waals surface area contributed by atoms with Gasteiger partial charge in [0.05, 0.1) is 6.10 Å². The molecule has 3 heteroatoms. The van der Waals surface area contributed by atoms with Gasteiger partial charge in [0, 0.05) is 19.2 Å². The van der Waals surface area contributed by atoms with Gasteiger partial charge in [0.1, 0.15) is 0 Å². The van der Waals surface area contributed by atoms with E-state index in [0.717, 1.165) is 19.1 Å². The van der Waals surface area contributed by atoms with E-state index >= 15 is 0 Å². The topological polar surface area (TPSA) is 15.7 Å². The Morgan fingerprint density at radius 3 is 2.59 bits per heavy atom.